The van der Waals surface area contributed by atoms with Gasteiger partial charge in [0.2, 0.25) is 0 Å². The molecule has 0 saturated heterocycles. The first-order valence-corrected chi connectivity index (χ1v) is 6.72. The molecule has 0 unspecified atom stereocenters. The second-order valence-corrected chi connectivity index (χ2v) is 4.75. The molecule has 0 atom stereocenters. The van der Waals surface area contributed by atoms with Crippen molar-refractivity contribution >= 4 is 11.6 Å². The number of pyridine rings is 1. The summed E-state index contributed by atoms with van der Waals surface area (Å²) in [6.45, 7) is -1.48. The summed E-state index contributed by atoms with van der Waals surface area (Å²) in [6, 6.07) is 8.68. The van der Waals surface area contributed by atoms with Gasteiger partial charge in [0, 0.05) is 6.20 Å². The van der Waals surface area contributed by atoms with Gasteiger partial charge in [-0.3, -0.25) is 4.40 Å². The Morgan fingerprint density at radius 3 is 2.62 bits per heavy atom. The Morgan fingerprint density at radius 1 is 1.12 bits per heavy atom. The fraction of sp³-hybridized carbons (Fsp3) is 0.133. The minimum absolute atomic E-state index is 0.101. The van der Waals surface area contributed by atoms with Crippen molar-refractivity contribution in [1.82, 2.24) is 14.6 Å². The van der Waals surface area contributed by atoms with Crippen LogP contribution in [-0.2, 0) is 0 Å². The maximum Gasteiger partial charge on any atom is 0.422 e. The molecule has 9 heteroatoms. The molecule has 0 amide bonds. The van der Waals surface area contributed by atoms with Crippen molar-refractivity contribution in [1.29, 1.82) is 0 Å². The summed E-state index contributed by atoms with van der Waals surface area (Å²) in [5.74, 6) is -1.02. The molecule has 0 radical (unpaired) electrons. The van der Waals surface area contributed by atoms with Crippen LogP contribution in [0.2, 0.25) is 0 Å². The number of para-hydroxylation sites is 2. The average Bonchev–Trinajstić information content (AvgIpc) is 3.00. The Balaban J connectivity index is 1.78. The molecular weight excluding hydrogens is 327 g/mol. The fourth-order valence-electron chi connectivity index (χ4n) is 1.92. The summed E-state index contributed by atoms with van der Waals surface area (Å²) in [5, 5.41) is 7.48. The Hall–Kier alpha value is -3.10. The van der Waals surface area contributed by atoms with E-state index in [1.54, 1.807) is 6.07 Å². The van der Waals surface area contributed by atoms with E-state index in [1.807, 2.05) is 0 Å². The van der Waals surface area contributed by atoms with E-state index in [0.717, 1.165) is 0 Å². The van der Waals surface area contributed by atoms with Gasteiger partial charge in [-0.25, -0.2) is 4.79 Å². The van der Waals surface area contributed by atoms with E-state index in [0.29, 0.717) is 5.65 Å². The minimum Gasteiger partial charge on any atom is -0.480 e. The number of benzene rings is 1. The number of ether oxygens (including phenoxy) is 2. The number of rotatable bonds is 4. The number of alkyl halides is 3. The molecule has 0 aliphatic rings. The van der Waals surface area contributed by atoms with E-state index in [9.17, 15) is 18.0 Å². The number of esters is 1. The first-order chi connectivity index (χ1) is 11.4. The van der Waals surface area contributed by atoms with Crippen LogP contribution in [0.1, 0.15) is 10.4 Å². The third-order valence-corrected chi connectivity index (χ3v) is 2.97. The molecule has 2 heterocycles. The number of fused-ring (bicyclic) bond motifs is 1. The highest BCUT2D eigenvalue weighted by atomic mass is 19.4. The minimum atomic E-state index is -4.49. The Bertz CT molecular complexity index is 877. The quantitative estimate of drug-likeness (QED) is 0.541. The lowest BCUT2D eigenvalue weighted by Gasteiger charge is -2.13. The molecule has 0 aliphatic heterocycles. The highest BCUT2D eigenvalue weighted by molar-refractivity contribution is 5.91. The van der Waals surface area contributed by atoms with Crippen molar-refractivity contribution in [2.75, 3.05) is 6.61 Å². The van der Waals surface area contributed by atoms with E-state index in [-0.39, 0.29) is 17.1 Å². The topological polar surface area (TPSA) is 65.7 Å². The largest absolute Gasteiger partial charge is 0.480 e. The number of carbonyl (C=O) groups excluding carboxylic acids is 1. The van der Waals surface area contributed by atoms with Crippen molar-refractivity contribution in [3.63, 3.8) is 0 Å². The smallest absolute Gasteiger partial charge is 0.422 e. The van der Waals surface area contributed by atoms with Crippen molar-refractivity contribution < 1.29 is 27.4 Å². The molecule has 124 valence electrons. The molecule has 1 aromatic carbocycles. The Kier molecular flexibility index (Phi) is 4.07. The van der Waals surface area contributed by atoms with Crippen LogP contribution in [0.5, 0.6) is 11.5 Å². The van der Waals surface area contributed by atoms with Crippen LogP contribution in [0.3, 0.4) is 0 Å². The molecule has 2 aromatic heterocycles. The molecule has 0 fully saturated rings. The van der Waals surface area contributed by atoms with Gasteiger partial charge in [0.25, 0.3) is 0 Å². The highest BCUT2D eigenvalue weighted by Crippen LogP contribution is 2.29. The molecule has 0 spiro atoms. The second-order valence-electron chi connectivity index (χ2n) is 4.75. The Morgan fingerprint density at radius 2 is 1.88 bits per heavy atom. The van der Waals surface area contributed by atoms with Crippen LogP contribution in [0, 0.1) is 0 Å². The number of aromatic nitrogens is 3. The van der Waals surface area contributed by atoms with Crippen molar-refractivity contribution in [2.45, 2.75) is 6.18 Å². The van der Waals surface area contributed by atoms with Gasteiger partial charge in [0.1, 0.15) is 6.33 Å². The van der Waals surface area contributed by atoms with E-state index >= 15 is 0 Å². The maximum atomic E-state index is 12.3. The molecule has 0 saturated carbocycles. The Labute approximate surface area is 133 Å². The lowest BCUT2D eigenvalue weighted by atomic mass is 10.3. The molecule has 3 aromatic rings. The van der Waals surface area contributed by atoms with Crippen LogP contribution in [0.25, 0.3) is 5.65 Å². The van der Waals surface area contributed by atoms with Gasteiger partial charge in [-0.05, 0) is 24.3 Å². The van der Waals surface area contributed by atoms with Crippen LogP contribution in [0.4, 0.5) is 13.2 Å². The summed E-state index contributed by atoms with van der Waals surface area (Å²) in [7, 11) is 0. The third-order valence-electron chi connectivity index (χ3n) is 2.97. The SMILES string of the molecule is O=C(Oc1ccccc1OCC(F)(F)F)c1ccc2nncn2c1. The van der Waals surface area contributed by atoms with Crippen LogP contribution in [0.15, 0.2) is 48.9 Å². The summed E-state index contributed by atoms with van der Waals surface area (Å²) in [4.78, 5) is 12.2. The van der Waals surface area contributed by atoms with Gasteiger partial charge in [-0.15, -0.1) is 10.2 Å². The predicted octanol–water partition coefficient (Wildman–Crippen LogP) is 2.89. The van der Waals surface area contributed by atoms with Crippen molar-refractivity contribution in [3.05, 3.63) is 54.5 Å². The van der Waals surface area contributed by atoms with Gasteiger partial charge in [0.05, 0.1) is 5.56 Å². The number of hydrogen-bond acceptors (Lipinski definition) is 5. The molecule has 0 N–H and O–H groups in total. The van der Waals surface area contributed by atoms with E-state index in [1.165, 1.54) is 47.3 Å². The molecular formula is C15H10F3N3O3. The zero-order valence-electron chi connectivity index (χ0n) is 12.0. The first-order valence-electron chi connectivity index (χ1n) is 6.72. The fourth-order valence-corrected chi connectivity index (χ4v) is 1.92. The number of hydrogen-bond donors (Lipinski definition) is 0. The predicted molar refractivity (Wildman–Crippen MR) is 75.9 cm³/mol. The zero-order chi connectivity index (χ0) is 17.2. The van der Waals surface area contributed by atoms with Gasteiger partial charge in [0.15, 0.2) is 23.8 Å². The monoisotopic (exact) mass is 337 g/mol. The van der Waals surface area contributed by atoms with Crippen LogP contribution < -0.4 is 9.47 Å². The summed E-state index contributed by atoms with van der Waals surface area (Å²) >= 11 is 0. The highest BCUT2D eigenvalue weighted by Gasteiger charge is 2.29. The van der Waals surface area contributed by atoms with E-state index in [2.05, 4.69) is 14.9 Å². The van der Waals surface area contributed by atoms with Gasteiger partial charge in [-0.1, -0.05) is 12.1 Å². The van der Waals surface area contributed by atoms with Crippen molar-refractivity contribution in [2.24, 2.45) is 0 Å². The van der Waals surface area contributed by atoms with E-state index in [4.69, 9.17) is 4.74 Å². The number of carbonyl (C=O) groups is 1. The third kappa shape index (κ3) is 3.62. The summed E-state index contributed by atoms with van der Waals surface area (Å²) in [5.41, 5.74) is 0.730. The van der Waals surface area contributed by atoms with Crippen molar-refractivity contribution in [3.8, 4) is 11.5 Å². The first kappa shape index (κ1) is 15.8. The molecule has 6 nitrogen and oxygen atoms in total. The summed E-state index contributed by atoms with van der Waals surface area (Å²) < 4.78 is 48.1. The van der Waals surface area contributed by atoms with E-state index < -0.39 is 18.8 Å². The molecule has 0 bridgehead atoms. The zero-order valence-corrected chi connectivity index (χ0v) is 12.0. The molecule has 24 heavy (non-hydrogen) atoms. The maximum absolute atomic E-state index is 12.3. The molecule has 0 aliphatic carbocycles. The average molecular weight is 337 g/mol. The summed E-state index contributed by atoms with van der Waals surface area (Å²) in [6.07, 6.45) is -1.63. The number of nitrogens with zero attached hydrogens (tertiary/aromatic N) is 3. The lowest BCUT2D eigenvalue weighted by Crippen LogP contribution is -2.20. The van der Waals surface area contributed by atoms with Gasteiger partial charge < -0.3 is 9.47 Å². The second kappa shape index (κ2) is 6.19. The van der Waals surface area contributed by atoms with Gasteiger partial charge in [-0.2, -0.15) is 13.2 Å². The van der Waals surface area contributed by atoms with Gasteiger partial charge >= 0.3 is 12.1 Å². The van der Waals surface area contributed by atoms with Crippen LogP contribution >= 0.6 is 0 Å². The normalized spacial score (nSPS) is 11.5. The standard InChI is InChI=1S/C15H10F3N3O3/c16-15(17,18)8-23-11-3-1-2-4-12(11)24-14(22)10-5-6-13-20-19-9-21(13)7-10/h1-7,9H,8H2. The van der Waals surface area contributed by atoms with Crippen LogP contribution in [-0.4, -0.2) is 33.4 Å². The number of halogens is 3. The lowest BCUT2D eigenvalue weighted by molar-refractivity contribution is -0.153. The molecule has 3 rings (SSSR count).